The molecule has 2 nitrogen and oxygen atoms in total. The molecule has 3 heteroatoms. The minimum atomic E-state index is 0.316. The van der Waals surface area contributed by atoms with E-state index in [-0.39, 0.29) is 0 Å². The number of likely N-dealkylation sites (tertiary alicyclic amines) is 1. The maximum absolute atomic E-state index is 12.6. The van der Waals surface area contributed by atoms with E-state index >= 15 is 0 Å². The molecule has 1 aliphatic heterocycles. The highest BCUT2D eigenvalue weighted by atomic mass is 35.5. The number of alkyl halides is 1. The van der Waals surface area contributed by atoms with Crippen molar-refractivity contribution in [1.82, 2.24) is 0 Å². The van der Waals surface area contributed by atoms with Gasteiger partial charge >= 0.3 is 0 Å². The van der Waals surface area contributed by atoms with E-state index in [2.05, 4.69) is 0 Å². The molecule has 3 fully saturated rings. The van der Waals surface area contributed by atoms with Gasteiger partial charge in [0.2, 0.25) is 0 Å². The van der Waals surface area contributed by atoms with Gasteiger partial charge < -0.3 is 4.90 Å². The van der Waals surface area contributed by atoms with Gasteiger partial charge in [-0.3, -0.25) is 4.79 Å². The fraction of sp³-hybridized carbons (Fsp3) is 0.950. The zero-order valence-electron chi connectivity index (χ0n) is 14.7. The third-order valence-electron chi connectivity index (χ3n) is 6.65. The number of rotatable bonds is 5. The quantitative estimate of drug-likeness (QED) is 0.758. The van der Waals surface area contributed by atoms with Gasteiger partial charge in [0.05, 0.1) is 13.1 Å². The first kappa shape index (κ1) is 17.7. The summed E-state index contributed by atoms with van der Waals surface area (Å²) < 4.78 is 0. The number of carbonyl (C=O) groups excluding carboxylic acids is 1. The topological polar surface area (TPSA) is 21.5 Å². The van der Waals surface area contributed by atoms with Crippen LogP contribution in [0.15, 0.2) is 0 Å². The molecule has 0 aromatic heterocycles. The highest BCUT2D eigenvalue weighted by Crippen LogP contribution is 2.31. The Labute approximate surface area is 147 Å². The van der Waals surface area contributed by atoms with E-state index < -0.39 is 0 Å². The van der Waals surface area contributed by atoms with Crippen molar-refractivity contribution >= 4 is 17.4 Å². The van der Waals surface area contributed by atoms with Crippen molar-refractivity contribution in [1.29, 1.82) is 0 Å². The summed E-state index contributed by atoms with van der Waals surface area (Å²) in [4.78, 5) is 14.2. The molecule has 2 aliphatic carbocycles. The van der Waals surface area contributed by atoms with Crippen molar-refractivity contribution in [2.45, 2.75) is 82.4 Å². The predicted molar refractivity (Wildman–Crippen MR) is 96.1 cm³/mol. The van der Waals surface area contributed by atoms with Crippen LogP contribution in [0.5, 0.6) is 0 Å². The average molecular weight is 341 g/mol. The second-order valence-electron chi connectivity index (χ2n) is 8.54. The Hall–Kier alpha value is -0.0800. The summed E-state index contributed by atoms with van der Waals surface area (Å²) in [5.74, 6) is 2.72. The Morgan fingerprint density at radius 1 is 0.870 bits per heavy atom. The molecule has 1 saturated heterocycles. The average Bonchev–Trinajstić information content (AvgIpc) is 2.57. The molecule has 0 bridgehead atoms. The molecule has 0 aromatic carbocycles. The minimum absolute atomic E-state index is 0.316. The zero-order chi connectivity index (χ0) is 16.1. The summed E-state index contributed by atoms with van der Waals surface area (Å²) in [7, 11) is 0. The Morgan fingerprint density at radius 2 is 1.57 bits per heavy atom. The smallest absolute Gasteiger partial charge is 0.189 e. The highest BCUT2D eigenvalue weighted by molar-refractivity contribution is 6.20. The highest BCUT2D eigenvalue weighted by Gasteiger charge is 2.31. The van der Waals surface area contributed by atoms with Gasteiger partial charge in [0, 0.05) is 17.2 Å². The van der Waals surface area contributed by atoms with Crippen LogP contribution in [0.4, 0.5) is 0 Å². The Balaban J connectivity index is 1.41. The maximum atomic E-state index is 12.6. The molecule has 0 aromatic rings. The fourth-order valence-corrected chi connectivity index (χ4v) is 5.53. The Kier molecular flexibility index (Phi) is 6.83. The second kappa shape index (κ2) is 8.85. The molecule has 132 valence electrons. The first-order valence-electron chi connectivity index (χ1n) is 10.2. The molecule has 3 aliphatic rings. The number of Topliss-reactive ketones (excluding diaryl/α,β-unsaturated/α-hetero) is 1. The number of quaternary nitrogens is 1. The third kappa shape index (κ3) is 5.46. The van der Waals surface area contributed by atoms with Gasteiger partial charge in [-0.15, -0.1) is 11.6 Å². The van der Waals surface area contributed by atoms with E-state index in [1.807, 2.05) is 0 Å². The molecule has 1 N–H and O–H groups in total. The van der Waals surface area contributed by atoms with Gasteiger partial charge in [-0.25, -0.2) is 0 Å². The van der Waals surface area contributed by atoms with E-state index in [4.69, 9.17) is 11.6 Å². The number of ketones is 1. The second-order valence-corrected chi connectivity index (χ2v) is 9.16. The van der Waals surface area contributed by atoms with Gasteiger partial charge in [0.25, 0.3) is 0 Å². The maximum Gasteiger partial charge on any atom is 0.189 e. The van der Waals surface area contributed by atoms with E-state index in [1.54, 1.807) is 4.90 Å². The van der Waals surface area contributed by atoms with Crippen molar-refractivity contribution < 1.29 is 9.69 Å². The summed E-state index contributed by atoms with van der Waals surface area (Å²) in [6.45, 7) is 3.27. The van der Waals surface area contributed by atoms with Gasteiger partial charge in [0.15, 0.2) is 5.78 Å². The summed E-state index contributed by atoms with van der Waals surface area (Å²) in [6.07, 6.45) is 15.6. The van der Waals surface area contributed by atoms with E-state index in [9.17, 15) is 4.79 Å². The van der Waals surface area contributed by atoms with Crippen LogP contribution in [0.25, 0.3) is 0 Å². The molecule has 0 spiro atoms. The first-order valence-corrected chi connectivity index (χ1v) is 10.6. The number of nitrogens with one attached hydrogen (secondary N) is 1. The zero-order valence-corrected chi connectivity index (χ0v) is 15.5. The molecule has 2 unspecified atom stereocenters. The lowest BCUT2D eigenvalue weighted by Crippen LogP contribution is -3.14. The largest absolute Gasteiger partial charge is 0.329 e. The molecule has 1 heterocycles. The van der Waals surface area contributed by atoms with E-state index in [0.29, 0.717) is 17.1 Å². The molecule has 23 heavy (non-hydrogen) atoms. The van der Waals surface area contributed by atoms with Crippen LogP contribution in [-0.4, -0.2) is 30.8 Å². The minimum Gasteiger partial charge on any atom is -0.329 e. The van der Waals surface area contributed by atoms with Crippen molar-refractivity contribution in [2.24, 2.45) is 17.8 Å². The van der Waals surface area contributed by atoms with Crippen LogP contribution in [-0.2, 0) is 4.79 Å². The first-order chi connectivity index (χ1) is 11.2. The predicted octanol–water partition coefficient (Wildman–Crippen LogP) is 3.62. The monoisotopic (exact) mass is 340 g/mol. The number of hydrogen-bond donors (Lipinski definition) is 1. The van der Waals surface area contributed by atoms with Crippen LogP contribution < -0.4 is 4.90 Å². The van der Waals surface area contributed by atoms with Crippen molar-refractivity contribution in [2.75, 3.05) is 19.6 Å². The van der Waals surface area contributed by atoms with Crippen LogP contribution in [0, 0.1) is 17.8 Å². The Morgan fingerprint density at radius 3 is 2.30 bits per heavy atom. The van der Waals surface area contributed by atoms with Gasteiger partial charge in [0.1, 0.15) is 6.54 Å². The van der Waals surface area contributed by atoms with Crippen LogP contribution in [0.1, 0.15) is 77.0 Å². The molecule has 3 rings (SSSR count). The normalized spacial score (nSPS) is 36.7. The molecule has 2 saturated carbocycles. The lowest BCUT2D eigenvalue weighted by atomic mass is 9.80. The molecule has 0 radical (unpaired) electrons. The van der Waals surface area contributed by atoms with Crippen molar-refractivity contribution in [3.63, 3.8) is 0 Å². The van der Waals surface area contributed by atoms with E-state index in [0.717, 1.165) is 44.1 Å². The summed E-state index contributed by atoms with van der Waals surface area (Å²) in [5, 5.41) is 0.321. The number of piperidine rings is 1. The van der Waals surface area contributed by atoms with Crippen molar-refractivity contribution in [3.05, 3.63) is 0 Å². The standard InChI is InChI=1S/C20H34ClNO/c21-19-10-8-18(9-11-19)20(23)15-22-12-4-7-17(14-22)13-16-5-2-1-3-6-16/h16-19H,1-15H2/p+1. The van der Waals surface area contributed by atoms with Gasteiger partial charge in [-0.1, -0.05) is 32.1 Å². The number of hydrogen-bond acceptors (Lipinski definition) is 1. The van der Waals surface area contributed by atoms with Crippen LogP contribution >= 0.6 is 11.6 Å². The SMILES string of the molecule is O=C(C[NH+]1CCCC(CC2CCCCC2)C1)C1CCC(Cl)CC1. The summed E-state index contributed by atoms with van der Waals surface area (Å²) >= 11 is 6.17. The van der Waals surface area contributed by atoms with Gasteiger partial charge in [-0.05, 0) is 50.9 Å². The molecular formula is C20H35ClNO+. The number of halogens is 1. The lowest BCUT2D eigenvalue weighted by molar-refractivity contribution is -0.901. The van der Waals surface area contributed by atoms with Crippen molar-refractivity contribution in [3.8, 4) is 0 Å². The lowest BCUT2D eigenvalue weighted by Gasteiger charge is -2.33. The molecular weight excluding hydrogens is 306 g/mol. The van der Waals surface area contributed by atoms with E-state index in [1.165, 1.54) is 64.5 Å². The van der Waals surface area contributed by atoms with Gasteiger partial charge in [-0.2, -0.15) is 0 Å². The fourth-order valence-electron chi connectivity index (χ4n) is 5.27. The van der Waals surface area contributed by atoms with Crippen LogP contribution in [0.3, 0.4) is 0 Å². The van der Waals surface area contributed by atoms with Crippen LogP contribution in [0.2, 0.25) is 0 Å². The summed E-state index contributed by atoms with van der Waals surface area (Å²) in [5.41, 5.74) is 0. The molecule has 2 atom stereocenters. The number of carbonyl (C=O) groups is 1. The summed E-state index contributed by atoms with van der Waals surface area (Å²) in [6, 6.07) is 0. The Bertz CT molecular complexity index is 372. The third-order valence-corrected chi connectivity index (χ3v) is 7.08. The molecule has 0 amide bonds.